The Balaban J connectivity index is 0.000000211. The Morgan fingerprint density at radius 3 is 2.24 bits per heavy atom. The third-order valence-electron chi connectivity index (χ3n) is 5.30. The quantitative estimate of drug-likeness (QED) is 0.0987. The van der Waals surface area contributed by atoms with Crippen LogP contribution in [0.3, 0.4) is 0 Å². The molecule has 0 amide bonds. The van der Waals surface area contributed by atoms with Crippen molar-refractivity contribution in [2.24, 2.45) is 0 Å². The van der Waals surface area contributed by atoms with Crippen LogP contribution in [0.15, 0.2) is 123 Å². The molecule has 5 rings (SSSR count). The number of carbonyl (C=O) groups excluding carboxylic acids is 1. The zero-order valence-electron chi connectivity index (χ0n) is 20.7. The summed E-state index contributed by atoms with van der Waals surface area (Å²) in [5, 5.41) is 2.39. The molecule has 3 aromatic carbocycles. The van der Waals surface area contributed by atoms with Crippen LogP contribution in [0.2, 0.25) is 0 Å². The fraction of sp³-hybridized carbons (Fsp3) is 0.0625. The molecular formula is C32H26IrN2O3-2. The van der Waals surface area contributed by atoms with Crippen LogP contribution in [0.4, 0.5) is 0 Å². The molecule has 5 nitrogen and oxygen atoms in total. The molecule has 0 aliphatic carbocycles. The summed E-state index contributed by atoms with van der Waals surface area (Å²) in [6.45, 7) is 7.91. The van der Waals surface area contributed by atoms with Gasteiger partial charge in [-0.1, -0.05) is 67.4 Å². The molecule has 0 fully saturated rings. The number of fused-ring (bicyclic) bond motifs is 1. The van der Waals surface area contributed by atoms with Gasteiger partial charge in [0.05, 0.1) is 0 Å². The molecule has 0 N–H and O–H groups in total. The fourth-order valence-corrected chi connectivity index (χ4v) is 3.64. The number of rotatable bonds is 9. The largest absolute Gasteiger partial charge is 0.661 e. The number of hydrogen-bond acceptors (Lipinski definition) is 4. The number of pyridine rings is 1. The van der Waals surface area contributed by atoms with Gasteiger partial charge in [0.1, 0.15) is 24.7 Å². The van der Waals surface area contributed by atoms with E-state index >= 15 is 0 Å². The van der Waals surface area contributed by atoms with Gasteiger partial charge in [-0.3, -0.25) is 4.79 Å². The number of hydrogen-bond donors (Lipinski definition) is 0. The third-order valence-corrected chi connectivity index (χ3v) is 5.30. The maximum atomic E-state index is 12.3. The Hall–Kier alpha value is -4.25. The second kappa shape index (κ2) is 14.5. The average molecular weight is 679 g/mol. The van der Waals surface area contributed by atoms with Crippen LogP contribution in [0.5, 0.6) is 11.5 Å². The summed E-state index contributed by atoms with van der Waals surface area (Å²) in [6.07, 6.45) is 6.70. The van der Waals surface area contributed by atoms with Crippen molar-refractivity contribution in [3.8, 4) is 22.8 Å². The van der Waals surface area contributed by atoms with E-state index in [0.29, 0.717) is 36.0 Å². The molecule has 0 unspecified atom stereocenters. The van der Waals surface area contributed by atoms with Crippen LogP contribution in [0.25, 0.3) is 22.0 Å². The summed E-state index contributed by atoms with van der Waals surface area (Å²) in [4.78, 5) is 20.8. The maximum absolute atomic E-state index is 12.3. The SMILES string of the molecule is C=CCOc1cc(OCC=C)cc(C(=O)c2ccc[n-]2)c1.[Ir].[c-]1ccccc1-c1nccc2ccccc12. The monoisotopic (exact) mass is 679 g/mol. The van der Waals surface area contributed by atoms with Gasteiger partial charge in [0, 0.05) is 37.9 Å². The molecule has 0 bridgehead atoms. The van der Waals surface area contributed by atoms with E-state index in [1.54, 1.807) is 48.7 Å². The van der Waals surface area contributed by atoms with Crippen LogP contribution in [0, 0.1) is 6.07 Å². The molecule has 0 saturated heterocycles. The van der Waals surface area contributed by atoms with Crippen LogP contribution in [0.1, 0.15) is 16.1 Å². The second-order valence-electron chi connectivity index (χ2n) is 7.90. The van der Waals surface area contributed by atoms with Gasteiger partial charge in [-0.25, -0.2) is 0 Å². The molecule has 6 heteroatoms. The summed E-state index contributed by atoms with van der Waals surface area (Å²) < 4.78 is 11.0. The first kappa shape index (κ1) is 28.3. The minimum atomic E-state index is -0.174. The molecule has 1 radical (unpaired) electrons. The van der Waals surface area contributed by atoms with Crippen molar-refractivity contribution in [1.29, 1.82) is 0 Å². The van der Waals surface area contributed by atoms with Gasteiger partial charge < -0.3 is 19.4 Å². The van der Waals surface area contributed by atoms with Crippen molar-refractivity contribution in [2.45, 2.75) is 0 Å². The predicted octanol–water partition coefficient (Wildman–Crippen LogP) is 6.70. The first-order chi connectivity index (χ1) is 18.2. The summed E-state index contributed by atoms with van der Waals surface area (Å²) in [5.74, 6) is 0.922. The molecule has 38 heavy (non-hydrogen) atoms. The smallest absolute Gasteiger partial charge is 0.171 e. The summed E-state index contributed by atoms with van der Waals surface area (Å²) in [5.41, 5.74) is 2.90. The molecule has 0 aliphatic rings. The Bertz CT molecular complexity index is 1450. The Morgan fingerprint density at radius 1 is 0.895 bits per heavy atom. The molecule has 2 aromatic heterocycles. The molecule has 0 aliphatic heterocycles. The normalized spacial score (nSPS) is 9.89. The van der Waals surface area contributed by atoms with Crippen LogP contribution in [-0.2, 0) is 20.1 Å². The Kier molecular flexibility index (Phi) is 10.8. The number of ether oxygens (including phenoxy) is 2. The van der Waals surface area contributed by atoms with Crippen LogP contribution >= 0.6 is 0 Å². The van der Waals surface area contributed by atoms with Gasteiger partial charge in [-0.2, -0.15) is 6.20 Å². The summed E-state index contributed by atoms with van der Waals surface area (Å²) in [6, 6.07) is 29.9. The zero-order chi connectivity index (χ0) is 25.9. The van der Waals surface area contributed by atoms with Crippen LogP contribution in [-0.4, -0.2) is 24.0 Å². The van der Waals surface area contributed by atoms with Gasteiger partial charge >= 0.3 is 0 Å². The van der Waals surface area contributed by atoms with Crippen molar-refractivity contribution >= 4 is 16.6 Å². The van der Waals surface area contributed by atoms with Crippen LogP contribution < -0.4 is 14.5 Å². The number of benzene rings is 3. The van der Waals surface area contributed by atoms with Gasteiger partial charge in [0.2, 0.25) is 0 Å². The van der Waals surface area contributed by atoms with E-state index in [0.717, 1.165) is 11.3 Å². The standard InChI is InChI=1S/C17H17NO3.C15H10N.Ir/c1-3-8-20-14-10-13(11-15(12-14)21-9-4-2)17(19)16-6-5-7-18-16;1-2-7-13(8-3-1)15-14-9-5-4-6-12(14)10-11-16-15;/h3-7,10-12H,1-2,8-9H2,(H,18,19);1-7,9-11H;/q;-1;/p-1. The molecule has 2 heterocycles. The number of ketones is 1. The van der Waals surface area contributed by atoms with E-state index in [2.05, 4.69) is 41.3 Å². The number of aromatic nitrogens is 2. The molecule has 0 spiro atoms. The van der Waals surface area contributed by atoms with Gasteiger partial charge in [-0.05, 0) is 34.7 Å². The fourth-order valence-electron chi connectivity index (χ4n) is 3.64. The number of carbonyl (C=O) groups is 1. The summed E-state index contributed by atoms with van der Waals surface area (Å²) >= 11 is 0. The van der Waals surface area contributed by atoms with Gasteiger partial charge in [0.15, 0.2) is 5.78 Å². The van der Waals surface area contributed by atoms with Crippen molar-refractivity contribution in [2.75, 3.05) is 13.2 Å². The second-order valence-corrected chi connectivity index (χ2v) is 7.90. The first-order valence-electron chi connectivity index (χ1n) is 11.8. The molecule has 5 aromatic rings. The Morgan fingerprint density at radius 2 is 1.61 bits per heavy atom. The van der Waals surface area contributed by atoms with Crippen molar-refractivity contribution in [3.63, 3.8) is 0 Å². The van der Waals surface area contributed by atoms with Crippen molar-refractivity contribution < 1.29 is 34.4 Å². The Labute approximate surface area is 236 Å². The molecule has 0 atom stereocenters. The minimum absolute atomic E-state index is 0. The van der Waals surface area contributed by atoms with E-state index in [9.17, 15) is 4.79 Å². The third kappa shape index (κ3) is 7.39. The zero-order valence-corrected chi connectivity index (χ0v) is 23.1. The van der Waals surface area contributed by atoms with E-state index < -0.39 is 0 Å². The van der Waals surface area contributed by atoms with E-state index in [-0.39, 0.29) is 25.9 Å². The first-order valence-corrected chi connectivity index (χ1v) is 11.8. The summed E-state index contributed by atoms with van der Waals surface area (Å²) in [7, 11) is 0. The van der Waals surface area contributed by atoms with Crippen molar-refractivity contribution in [1.82, 2.24) is 9.97 Å². The van der Waals surface area contributed by atoms with E-state index in [1.165, 1.54) is 10.8 Å². The predicted molar refractivity (Wildman–Crippen MR) is 147 cm³/mol. The average Bonchev–Trinajstić information content (AvgIpc) is 3.50. The molecule has 0 saturated carbocycles. The van der Waals surface area contributed by atoms with E-state index in [4.69, 9.17) is 9.47 Å². The molecular weight excluding hydrogens is 653 g/mol. The maximum Gasteiger partial charge on any atom is 0.171 e. The van der Waals surface area contributed by atoms with Gasteiger partial charge in [0.25, 0.3) is 0 Å². The topological polar surface area (TPSA) is 62.5 Å². The minimum Gasteiger partial charge on any atom is -0.661 e. The van der Waals surface area contributed by atoms with E-state index in [1.807, 2.05) is 48.7 Å². The van der Waals surface area contributed by atoms with Crippen molar-refractivity contribution in [3.05, 3.63) is 140 Å². The van der Waals surface area contributed by atoms with Gasteiger partial charge in [-0.15, -0.1) is 35.9 Å². The molecule has 193 valence electrons. The number of nitrogens with zero attached hydrogens (tertiary/aromatic N) is 2.